The SMILES string of the molecule is CC(CNC(=O)COCCOc1ccccc1)C(=O)O. The van der Waals surface area contributed by atoms with Gasteiger partial charge in [-0.2, -0.15) is 0 Å². The maximum atomic E-state index is 11.3. The molecule has 1 aromatic rings. The third-order valence-corrected chi connectivity index (χ3v) is 2.50. The molecule has 1 atom stereocenters. The number of ether oxygens (including phenoxy) is 2. The third kappa shape index (κ3) is 6.75. The summed E-state index contributed by atoms with van der Waals surface area (Å²) in [6, 6.07) is 9.30. The van der Waals surface area contributed by atoms with E-state index >= 15 is 0 Å². The molecule has 20 heavy (non-hydrogen) atoms. The molecule has 0 heterocycles. The maximum absolute atomic E-state index is 11.3. The minimum absolute atomic E-state index is 0.0953. The van der Waals surface area contributed by atoms with Crippen LogP contribution in [0.4, 0.5) is 0 Å². The lowest BCUT2D eigenvalue weighted by Crippen LogP contribution is -2.34. The highest BCUT2D eigenvalue weighted by molar-refractivity contribution is 5.78. The van der Waals surface area contributed by atoms with Gasteiger partial charge in [0.05, 0.1) is 12.5 Å². The molecule has 0 bridgehead atoms. The highest BCUT2D eigenvalue weighted by atomic mass is 16.5. The summed E-state index contributed by atoms with van der Waals surface area (Å²) >= 11 is 0. The molecule has 0 aliphatic rings. The van der Waals surface area contributed by atoms with Gasteiger partial charge < -0.3 is 19.9 Å². The first-order valence-electron chi connectivity index (χ1n) is 6.34. The van der Waals surface area contributed by atoms with Gasteiger partial charge >= 0.3 is 5.97 Å². The zero-order chi connectivity index (χ0) is 14.8. The number of amides is 1. The van der Waals surface area contributed by atoms with E-state index in [0.29, 0.717) is 6.61 Å². The minimum atomic E-state index is -0.942. The summed E-state index contributed by atoms with van der Waals surface area (Å²) in [5, 5.41) is 11.1. The van der Waals surface area contributed by atoms with Crippen LogP contribution in [0.15, 0.2) is 30.3 Å². The lowest BCUT2D eigenvalue weighted by atomic mass is 10.2. The number of aliphatic carboxylic acids is 1. The van der Waals surface area contributed by atoms with E-state index in [-0.39, 0.29) is 25.7 Å². The van der Waals surface area contributed by atoms with Gasteiger partial charge in [-0.1, -0.05) is 25.1 Å². The molecule has 0 aliphatic heterocycles. The summed E-state index contributed by atoms with van der Waals surface area (Å²) in [6.45, 7) is 2.15. The zero-order valence-electron chi connectivity index (χ0n) is 11.4. The molecule has 1 rings (SSSR count). The van der Waals surface area contributed by atoms with Crippen LogP contribution >= 0.6 is 0 Å². The van der Waals surface area contributed by atoms with Gasteiger partial charge in [0.1, 0.15) is 19.0 Å². The molecule has 1 amide bonds. The molecule has 2 N–H and O–H groups in total. The second-order valence-corrected chi connectivity index (χ2v) is 4.26. The van der Waals surface area contributed by atoms with Gasteiger partial charge in [0.25, 0.3) is 0 Å². The molecule has 0 fully saturated rings. The molecule has 110 valence electrons. The van der Waals surface area contributed by atoms with Crippen molar-refractivity contribution >= 4 is 11.9 Å². The van der Waals surface area contributed by atoms with E-state index in [1.807, 2.05) is 30.3 Å². The number of benzene rings is 1. The fourth-order valence-corrected chi connectivity index (χ4v) is 1.31. The molecule has 0 radical (unpaired) electrons. The summed E-state index contributed by atoms with van der Waals surface area (Å²) in [7, 11) is 0. The van der Waals surface area contributed by atoms with Crippen LogP contribution in [0.3, 0.4) is 0 Å². The Morgan fingerprint density at radius 1 is 1.25 bits per heavy atom. The van der Waals surface area contributed by atoms with Crippen molar-refractivity contribution in [1.82, 2.24) is 5.32 Å². The highest BCUT2D eigenvalue weighted by Gasteiger charge is 2.11. The van der Waals surface area contributed by atoms with Crippen molar-refractivity contribution in [2.45, 2.75) is 6.92 Å². The fourth-order valence-electron chi connectivity index (χ4n) is 1.31. The zero-order valence-corrected chi connectivity index (χ0v) is 11.4. The normalized spacial score (nSPS) is 11.7. The predicted octanol–water partition coefficient (Wildman–Crippen LogP) is 0.919. The number of para-hydroxylation sites is 1. The number of hydrogen-bond acceptors (Lipinski definition) is 4. The number of hydrogen-bond donors (Lipinski definition) is 2. The van der Waals surface area contributed by atoms with Crippen LogP contribution < -0.4 is 10.1 Å². The number of carboxylic acids is 1. The number of carbonyl (C=O) groups is 2. The van der Waals surface area contributed by atoms with Crippen LogP contribution in [0.5, 0.6) is 5.75 Å². The van der Waals surface area contributed by atoms with Crippen molar-refractivity contribution in [3.05, 3.63) is 30.3 Å². The topological polar surface area (TPSA) is 84.9 Å². The average Bonchev–Trinajstić information content (AvgIpc) is 2.45. The van der Waals surface area contributed by atoms with Crippen molar-refractivity contribution in [1.29, 1.82) is 0 Å². The van der Waals surface area contributed by atoms with Gasteiger partial charge in [-0.3, -0.25) is 9.59 Å². The summed E-state index contributed by atoms with van der Waals surface area (Å²) in [4.78, 5) is 21.9. The average molecular weight is 281 g/mol. The quantitative estimate of drug-likeness (QED) is 0.657. The molecular formula is C14H19NO5. The Bertz CT molecular complexity index is 421. The number of nitrogens with one attached hydrogen (secondary N) is 1. The van der Waals surface area contributed by atoms with Gasteiger partial charge in [0, 0.05) is 6.54 Å². The monoisotopic (exact) mass is 281 g/mol. The Balaban J connectivity index is 2.03. The fraction of sp³-hybridized carbons (Fsp3) is 0.429. The smallest absolute Gasteiger partial charge is 0.308 e. The van der Waals surface area contributed by atoms with E-state index in [1.54, 1.807) is 0 Å². The Kier molecular flexibility index (Phi) is 7.13. The van der Waals surface area contributed by atoms with E-state index in [0.717, 1.165) is 5.75 Å². The third-order valence-electron chi connectivity index (χ3n) is 2.50. The molecule has 0 aliphatic carbocycles. The standard InChI is InChI=1S/C14H19NO5/c1-11(14(17)18)9-15-13(16)10-19-7-8-20-12-5-3-2-4-6-12/h2-6,11H,7-10H2,1H3,(H,15,16)(H,17,18). The van der Waals surface area contributed by atoms with Crippen molar-refractivity contribution in [2.75, 3.05) is 26.4 Å². The first-order valence-corrected chi connectivity index (χ1v) is 6.34. The largest absolute Gasteiger partial charge is 0.491 e. The first kappa shape index (κ1) is 16.0. The Morgan fingerprint density at radius 2 is 1.95 bits per heavy atom. The second kappa shape index (κ2) is 8.92. The molecule has 6 nitrogen and oxygen atoms in total. The van der Waals surface area contributed by atoms with E-state index < -0.39 is 11.9 Å². The summed E-state index contributed by atoms with van der Waals surface area (Å²) in [5.74, 6) is -1.14. The molecule has 0 spiro atoms. The van der Waals surface area contributed by atoms with Crippen LogP contribution in [0.25, 0.3) is 0 Å². The summed E-state index contributed by atoms with van der Waals surface area (Å²) < 4.78 is 10.5. The second-order valence-electron chi connectivity index (χ2n) is 4.26. The Labute approximate surface area is 117 Å². The highest BCUT2D eigenvalue weighted by Crippen LogP contribution is 2.07. The van der Waals surface area contributed by atoms with E-state index in [4.69, 9.17) is 14.6 Å². The first-order chi connectivity index (χ1) is 9.59. The summed E-state index contributed by atoms with van der Waals surface area (Å²) in [6.07, 6.45) is 0. The summed E-state index contributed by atoms with van der Waals surface area (Å²) in [5.41, 5.74) is 0. The lowest BCUT2D eigenvalue weighted by molar-refractivity contribution is -0.141. The molecule has 1 aromatic carbocycles. The van der Waals surface area contributed by atoms with Gasteiger partial charge in [0.2, 0.25) is 5.91 Å². The Hall–Kier alpha value is -2.08. The molecule has 0 aromatic heterocycles. The van der Waals surface area contributed by atoms with Crippen molar-refractivity contribution in [3.63, 3.8) is 0 Å². The molecule has 6 heteroatoms. The number of carbonyl (C=O) groups excluding carboxylic acids is 1. The minimum Gasteiger partial charge on any atom is -0.491 e. The Morgan fingerprint density at radius 3 is 2.60 bits per heavy atom. The van der Waals surface area contributed by atoms with Crippen LogP contribution in [-0.2, 0) is 14.3 Å². The van der Waals surface area contributed by atoms with Crippen molar-refractivity contribution < 1.29 is 24.2 Å². The van der Waals surface area contributed by atoms with Crippen LogP contribution in [0.1, 0.15) is 6.92 Å². The van der Waals surface area contributed by atoms with Gasteiger partial charge in [-0.15, -0.1) is 0 Å². The molecule has 1 unspecified atom stereocenters. The van der Waals surface area contributed by atoms with Gasteiger partial charge in [0.15, 0.2) is 0 Å². The maximum Gasteiger partial charge on any atom is 0.308 e. The predicted molar refractivity (Wildman–Crippen MR) is 72.6 cm³/mol. The molecular weight excluding hydrogens is 262 g/mol. The van der Waals surface area contributed by atoms with Crippen molar-refractivity contribution in [2.24, 2.45) is 5.92 Å². The molecule has 0 saturated carbocycles. The molecule has 0 saturated heterocycles. The van der Waals surface area contributed by atoms with E-state index in [2.05, 4.69) is 5.32 Å². The number of rotatable bonds is 9. The van der Waals surface area contributed by atoms with E-state index in [1.165, 1.54) is 6.92 Å². The lowest BCUT2D eigenvalue weighted by Gasteiger charge is -2.09. The van der Waals surface area contributed by atoms with Crippen molar-refractivity contribution in [3.8, 4) is 5.75 Å². The van der Waals surface area contributed by atoms with E-state index in [9.17, 15) is 9.59 Å². The number of carboxylic acid groups (broad SMARTS) is 1. The van der Waals surface area contributed by atoms with Crippen LogP contribution in [-0.4, -0.2) is 43.3 Å². The van der Waals surface area contributed by atoms with Crippen LogP contribution in [0, 0.1) is 5.92 Å². The van der Waals surface area contributed by atoms with Crippen LogP contribution in [0.2, 0.25) is 0 Å². The van der Waals surface area contributed by atoms with Gasteiger partial charge in [-0.25, -0.2) is 0 Å². The van der Waals surface area contributed by atoms with Gasteiger partial charge in [-0.05, 0) is 12.1 Å².